The van der Waals surface area contributed by atoms with Crippen molar-refractivity contribution in [2.24, 2.45) is 17.8 Å². The molecule has 1 aliphatic carbocycles. The molecular weight excluding hydrogens is 258 g/mol. The highest BCUT2D eigenvalue weighted by atomic mass is 16.5. The molecule has 1 saturated carbocycles. The van der Waals surface area contributed by atoms with Crippen molar-refractivity contribution in [3.05, 3.63) is 30.3 Å². The molecule has 1 N–H and O–H groups in total. The molecule has 0 heterocycles. The van der Waals surface area contributed by atoms with E-state index in [9.17, 15) is 0 Å². The van der Waals surface area contributed by atoms with Gasteiger partial charge in [-0.3, -0.25) is 0 Å². The monoisotopic (exact) mass is 289 g/mol. The summed E-state index contributed by atoms with van der Waals surface area (Å²) in [6.45, 7) is 8.88. The molecule has 0 radical (unpaired) electrons. The molecule has 3 unspecified atom stereocenters. The Morgan fingerprint density at radius 1 is 1.10 bits per heavy atom. The Morgan fingerprint density at radius 3 is 2.38 bits per heavy atom. The van der Waals surface area contributed by atoms with Crippen LogP contribution in [-0.4, -0.2) is 19.2 Å². The first-order valence-corrected chi connectivity index (χ1v) is 8.60. The van der Waals surface area contributed by atoms with Crippen LogP contribution in [0.1, 0.15) is 46.5 Å². The SMILES string of the molecule is CCNC(CCOc1ccccc1)C1CC(C)CC(C)C1. The predicted molar refractivity (Wildman–Crippen MR) is 89.7 cm³/mol. The van der Waals surface area contributed by atoms with Crippen molar-refractivity contribution in [1.29, 1.82) is 0 Å². The highest BCUT2D eigenvalue weighted by molar-refractivity contribution is 5.20. The summed E-state index contributed by atoms with van der Waals surface area (Å²) in [5, 5.41) is 3.70. The fourth-order valence-electron chi connectivity index (χ4n) is 3.92. The van der Waals surface area contributed by atoms with Gasteiger partial charge in [0.1, 0.15) is 5.75 Å². The molecule has 3 atom stereocenters. The van der Waals surface area contributed by atoms with Gasteiger partial charge in [-0.1, -0.05) is 39.0 Å². The minimum absolute atomic E-state index is 0.601. The molecule has 0 bridgehead atoms. The van der Waals surface area contributed by atoms with Gasteiger partial charge in [0.2, 0.25) is 0 Å². The molecule has 0 amide bonds. The largest absolute Gasteiger partial charge is 0.494 e. The van der Waals surface area contributed by atoms with Crippen molar-refractivity contribution in [1.82, 2.24) is 5.32 Å². The maximum absolute atomic E-state index is 5.89. The second-order valence-electron chi connectivity index (χ2n) is 6.79. The molecule has 1 fully saturated rings. The van der Waals surface area contributed by atoms with Gasteiger partial charge in [0.25, 0.3) is 0 Å². The number of benzene rings is 1. The second kappa shape index (κ2) is 8.43. The van der Waals surface area contributed by atoms with Gasteiger partial charge >= 0.3 is 0 Å². The Kier molecular flexibility index (Phi) is 6.56. The van der Waals surface area contributed by atoms with Crippen molar-refractivity contribution < 1.29 is 4.74 Å². The Bertz CT molecular complexity index is 382. The van der Waals surface area contributed by atoms with Crippen LogP contribution < -0.4 is 10.1 Å². The van der Waals surface area contributed by atoms with Crippen LogP contribution in [0.25, 0.3) is 0 Å². The third-order valence-electron chi connectivity index (χ3n) is 4.69. The van der Waals surface area contributed by atoms with Crippen LogP contribution in [0.4, 0.5) is 0 Å². The average molecular weight is 289 g/mol. The van der Waals surface area contributed by atoms with Crippen LogP contribution in [0.5, 0.6) is 5.75 Å². The Labute approximate surface area is 130 Å². The first-order chi connectivity index (χ1) is 10.2. The molecule has 0 saturated heterocycles. The first kappa shape index (κ1) is 16.4. The Balaban J connectivity index is 1.83. The third kappa shape index (κ3) is 5.35. The van der Waals surface area contributed by atoms with Crippen molar-refractivity contribution in [3.8, 4) is 5.75 Å². The lowest BCUT2D eigenvalue weighted by Crippen LogP contribution is -2.40. The fourth-order valence-corrected chi connectivity index (χ4v) is 3.92. The predicted octanol–water partition coefficient (Wildman–Crippen LogP) is 4.51. The van der Waals surface area contributed by atoms with E-state index in [2.05, 4.69) is 26.1 Å². The van der Waals surface area contributed by atoms with Crippen LogP contribution >= 0.6 is 0 Å². The van der Waals surface area contributed by atoms with E-state index in [0.717, 1.165) is 43.1 Å². The highest BCUT2D eigenvalue weighted by Gasteiger charge is 2.29. The zero-order valence-corrected chi connectivity index (χ0v) is 13.8. The van der Waals surface area contributed by atoms with E-state index in [1.54, 1.807) is 0 Å². The van der Waals surface area contributed by atoms with E-state index >= 15 is 0 Å². The molecule has 0 aromatic heterocycles. The fraction of sp³-hybridized carbons (Fsp3) is 0.684. The summed E-state index contributed by atoms with van der Waals surface area (Å²) >= 11 is 0. The molecule has 2 rings (SSSR count). The van der Waals surface area contributed by atoms with E-state index in [1.807, 2.05) is 30.3 Å². The van der Waals surface area contributed by atoms with Gasteiger partial charge in [-0.05, 0) is 62.1 Å². The van der Waals surface area contributed by atoms with Crippen LogP contribution in [0.2, 0.25) is 0 Å². The summed E-state index contributed by atoms with van der Waals surface area (Å²) in [6, 6.07) is 10.8. The van der Waals surface area contributed by atoms with E-state index in [0.29, 0.717) is 6.04 Å². The van der Waals surface area contributed by atoms with E-state index < -0.39 is 0 Å². The van der Waals surface area contributed by atoms with Crippen LogP contribution in [0.3, 0.4) is 0 Å². The summed E-state index contributed by atoms with van der Waals surface area (Å²) in [6.07, 6.45) is 5.24. The number of hydrogen-bond donors (Lipinski definition) is 1. The van der Waals surface area contributed by atoms with Crippen LogP contribution in [-0.2, 0) is 0 Å². The van der Waals surface area contributed by atoms with Gasteiger partial charge < -0.3 is 10.1 Å². The van der Waals surface area contributed by atoms with E-state index in [-0.39, 0.29) is 0 Å². The van der Waals surface area contributed by atoms with Crippen LogP contribution in [0.15, 0.2) is 30.3 Å². The summed E-state index contributed by atoms with van der Waals surface area (Å²) in [4.78, 5) is 0. The van der Waals surface area contributed by atoms with Gasteiger partial charge in [0.15, 0.2) is 0 Å². The average Bonchev–Trinajstić information content (AvgIpc) is 2.46. The quantitative estimate of drug-likeness (QED) is 0.797. The molecule has 1 aromatic rings. The Hall–Kier alpha value is -1.02. The van der Waals surface area contributed by atoms with Crippen molar-refractivity contribution in [2.75, 3.05) is 13.2 Å². The summed E-state index contributed by atoms with van der Waals surface area (Å²) < 4.78 is 5.89. The normalized spacial score (nSPS) is 27.3. The van der Waals surface area contributed by atoms with Gasteiger partial charge in [-0.15, -0.1) is 0 Å². The standard InChI is InChI=1S/C19H31NO/c1-4-20-19(17-13-15(2)12-16(3)14-17)10-11-21-18-8-6-5-7-9-18/h5-9,15-17,19-20H,4,10-14H2,1-3H3. The zero-order chi connectivity index (χ0) is 15.1. The van der Waals surface area contributed by atoms with Crippen molar-refractivity contribution >= 4 is 0 Å². The molecule has 118 valence electrons. The minimum Gasteiger partial charge on any atom is -0.494 e. The van der Waals surface area contributed by atoms with Crippen LogP contribution in [0, 0.1) is 17.8 Å². The summed E-state index contributed by atoms with van der Waals surface area (Å²) in [5.74, 6) is 3.53. The lowest BCUT2D eigenvalue weighted by Gasteiger charge is -2.37. The number of hydrogen-bond acceptors (Lipinski definition) is 2. The maximum atomic E-state index is 5.89. The highest BCUT2D eigenvalue weighted by Crippen LogP contribution is 2.35. The minimum atomic E-state index is 0.601. The number of para-hydroxylation sites is 1. The first-order valence-electron chi connectivity index (χ1n) is 8.60. The molecule has 21 heavy (non-hydrogen) atoms. The number of nitrogens with one attached hydrogen (secondary N) is 1. The van der Waals surface area contributed by atoms with Gasteiger partial charge in [0.05, 0.1) is 6.61 Å². The molecular formula is C19H31NO. The second-order valence-corrected chi connectivity index (χ2v) is 6.79. The topological polar surface area (TPSA) is 21.3 Å². The number of ether oxygens (including phenoxy) is 1. The van der Waals surface area contributed by atoms with Gasteiger partial charge in [0, 0.05) is 6.04 Å². The Morgan fingerprint density at radius 2 is 1.76 bits per heavy atom. The van der Waals surface area contributed by atoms with E-state index in [4.69, 9.17) is 4.74 Å². The molecule has 1 aromatic carbocycles. The van der Waals surface area contributed by atoms with Gasteiger partial charge in [-0.25, -0.2) is 0 Å². The smallest absolute Gasteiger partial charge is 0.119 e. The van der Waals surface area contributed by atoms with Gasteiger partial charge in [-0.2, -0.15) is 0 Å². The zero-order valence-electron chi connectivity index (χ0n) is 13.8. The van der Waals surface area contributed by atoms with Crippen molar-refractivity contribution in [3.63, 3.8) is 0 Å². The van der Waals surface area contributed by atoms with Crippen molar-refractivity contribution in [2.45, 2.75) is 52.5 Å². The molecule has 0 spiro atoms. The summed E-state index contributed by atoms with van der Waals surface area (Å²) in [7, 11) is 0. The van der Waals surface area contributed by atoms with E-state index in [1.165, 1.54) is 19.3 Å². The lowest BCUT2D eigenvalue weighted by molar-refractivity contribution is 0.158. The number of rotatable bonds is 7. The molecule has 2 nitrogen and oxygen atoms in total. The maximum Gasteiger partial charge on any atom is 0.119 e. The summed E-state index contributed by atoms with van der Waals surface area (Å²) in [5.41, 5.74) is 0. The third-order valence-corrected chi connectivity index (χ3v) is 4.69. The lowest BCUT2D eigenvalue weighted by atomic mass is 9.73. The molecule has 2 heteroatoms. The molecule has 1 aliphatic rings. The molecule has 0 aliphatic heterocycles.